The Morgan fingerprint density at radius 2 is 1.15 bits per heavy atom. The summed E-state index contributed by atoms with van der Waals surface area (Å²) in [4.78, 5) is 11.0. The predicted octanol–water partition coefficient (Wildman–Crippen LogP) is 6.57. The lowest BCUT2D eigenvalue weighted by atomic mass is 10.0. The quantitative estimate of drug-likeness (QED) is 0.267. The Hall–Kier alpha value is -1.51. The molecule has 1 rings (SSSR count). The Balaban J connectivity index is 1.75. The number of carbonyl (C=O) groups excluding carboxylic acids is 1. The van der Waals surface area contributed by atoms with Crippen LogP contribution in [0.15, 0.2) is 24.3 Å². The fourth-order valence-corrected chi connectivity index (χ4v) is 3.31. The lowest BCUT2D eigenvalue weighted by Gasteiger charge is -2.04. The largest absolute Gasteiger partial charge is 0.508 e. The smallest absolute Gasteiger partial charge is 0.305 e. The number of esters is 1. The fourth-order valence-electron chi connectivity index (χ4n) is 3.31. The van der Waals surface area contributed by atoms with Gasteiger partial charge in [-0.05, 0) is 37.0 Å². The van der Waals surface area contributed by atoms with Gasteiger partial charge in [-0.3, -0.25) is 4.79 Å². The van der Waals surface area contributed by atoms with Gasteiger partial charge < -0.3 is 9.84 Å². The average Bonchev–Trinajstić information content (AvgIpc) is 2.66. The Kier molecular flexibility index (Phi) is 13.6. The number of carbonyl (C=O) groups is 1. The molecule has 26 heavy (non-hydrogen) atoms. The molecule has 148 valence electrons. The molecule has 0 unspecified atom stereocenters. The molecule has 0 heterocycles. The molecule has 0 saturated carbocycles. The van der Waals surface area contributed by atoms with Crippen LogP contribution < -0.4 is 0 Å². The molecule has 0 spiro atoms. The first-order chi connectivity index (χ1) is 12.7. The molecule has 0 amide bonds. The van der Waals surface area contributed by atoms with E-state index in [0.29, 0.717) is 12.2 Å². The highest BCUT2D eigenvalue weighted by Gasteiger charge is 1.99. The van der Waals surface area contributed by atoms with E-state index in [9.17, 15) is 9.90 Å². The van der Waals surface area contributed by atoms with Crippen LogP contribution in [0.5, 0.6) is 5.75 Å². The lowest BCUT2D eigenvalue weighted by molar-refractivity contribution is -0.140. The van der Waals surface area contributed by atoms with Crippen LogP contribution in [0.2, 0.25) is 0 Å². The number of phenolic OH excluding ortho intramolecular Hbond substituents is 1. The summed E-state index contributed by atoms with van der Waals surface area (Å²) in [5.74, 6) is 0.276. The lowest BCUT2D eigenvalue weighted by Crippen LogP contribution is -1.99. The van der Waals surface area contributed by atoms with Crippen molar-refractivity contribution in [3.63, 3.8) is 0 Å². The number of rotatable bonds is 16. The van der Waals surface area contributed by atoms with Crippen molar-refractivity contribution in [2.75, 3.05) is 7.11 Å². The maximum Gasteiger partial charge on any atom is 0.305 e. The van der Waals surface area contributed by atoms with Crippen LogP contribution in [-0.2, 0) is 16.0 Å². The number of benzene rings is 1. The highest BCUT2D eigenvalue weighted by molar-refractivity contribution is 5.68. The van der Waals surface area contributed by atoms with E-state index in [2.05, 4.69) is 4.74 Å². The monoisotopic (exact) mass is 362 g/mol. The van der Waals surface area contributed by atoms with Gasteiger partial charge in [0.25, 0.3) is 0 Å². The van der Waals surface area contributed by atoms with Crippen molar-refractivity contribution in [1.29, 1.82) is 0 Å². The van der Waals surface area contributed by atoms with Crippen molar-refractivity contribution in [2.45, 2.75) is 96.3 Å². The molecule has 0 aliphatic rings. The zero-order valence-electron chi connectivity index (χ0n) is 16.7. The van der Waals surface area contributed by atoms with Crippen LogP contribution in [0.3, 0.4) is 0 Å². The summed E-state index contributed by atoms with van der Waals surface area (Å²) < 4.78 is 4.64. The SMILES string of the molecule is COC(=O)CCCCCCCCCCCCCCCc1ccc(O)cc1. The third kappa shape index (κ3) is 12.8. The van der Waals surface area contributed by atoms with E-state index in [1.54, 1.807) is 12.1 Å². The predicted molar refractivity (Wildman–Crippen MR) is 108 cm³/mol. The molecule has 1 N–H and O–H groups in total. The molecule has 3 heteroatoms. The van der Waals surface area contributed by atoms with E-state index in [0.717, 1.165) is 19.3 Å². The Labute approximate surface area is 160 Å². The van der Waals surface area contributed by atoms with Crippen molar-refractivity contribution in [3.8, 4) is 5.75 Å². The zero-order chi connectivity index (χ0) is 18.9. The van der Waals surface area contributed by atoms with E-state index in [1.165, 1.54) is 83.3 Å². The van der Waals surface area contributed by atoms with Crippen molar-refractivity contribution < 1.29 is 14.6 Å². The van der Waals surface area contributed by atoms with Crippen LogP contribution in [0.4, 0.5) is 0 Å². The van der Waals surface area contributed by atoms with Gasteiger partial charge in [0.1, 0.15) is 5.75 Å². The van der Waals surface area contributed by atoms with Crippen LogP contribution in [0.1, 0.15) is 95.5 Å². The second-order valence-electron chi connectivity index (χ2n) is 7.34. The van der Waals surface area contributed by atoms with Gasteiger partial charge in [-0.2, -0.15) is 0 Å². The zero-order valence-corrected chi connectivity index (χ0v) is 16.7. The maximum absolute atomic E-state index is 11.0. The van der Waals surface area contributed by atoms with E-state index in [4.69, 9.17) is 0 Å². The molecule has 0 bridgehead atoms. The summed E-state index contributed by atoms with van der Waals surface area (Å²) >= 11 is 0. The Bertz CT molecular complexity index is 453. The molecular weight excluding hydrogens is 324 g/mol. The normalized spacial score (nSPS) is 10.8. The average molecular weight is 363 g/mol. The third-order valence-electron chi connectivity index (χ3n) is 5.01. The molecule has 0 aliphatic carbocycles. The maximum atomic E-state index is 11.0. The van der Waals surface area contributed by atoms with Crippen LogP contribution in [-0.4, -0.2) is 18.2 Å². The number of hydrogen-bond donors (Lipinski definition) is 1. The van der Waals surface area contributed by atoms with Crippen molar-refractivity contribution >= 4 is 5.97 Å². The third-order valence-corrected chi connectivity index (χ3v) is 5.01. The van der Waals surface area contributed by atoms with Gasteiger partial charge in [0.2, 0.25) is 0 Å². The first-order valence-electron chi connectivity index (χ1n) is 10.6. The summed E-state index contributed by atoms with van der Waals surface area (Å²) in [6, 6.07) is 7.60. The highest BCUT2D eigenvalue weighted by Crippen LogP contribution is 2.15. The van der Waals surface area contributed by atoms with Crippen molar-refractivity contribution in [1.82, 2.24) is 0 Å². The molecule has 0 atom stereocenters. The van der Waals surface area contributed by atoms with Gasteiger partial charge in [-0.1, -0.05) is 82.8 Å². The highest BCUT2D eigenvalue weighted by atomic mass is 16.5. The van der Waals surface area contributed by atoms with Crippen LogP contribution >= 0.6 is 0 Å². The summed E-state index contributed by atoms with van der Waals surface area (Å²) in [5.41, 5.74) is 1.33. The number of methoxy groups -OCH3 is 1. The summed E-state index contributed by atoms with van der Waals surface area (Å²) in [5, 5.41) is 9.26. The number of aryl methyl sites for hydroxylation is 1. The van der Waals surface area contributed by atoms with E-state index >= 15 is 0 Å². The van der Waals surface area contributed by atoms with Gasteiger partial charge >= 0.3 is 5.97 Å². The Morgan fingerprint density at radius 1 is 0.731 bits per heavy atom. The minimum atomic E-state index is -0.0784. The minimum Gasteiger partial charge on any atom is -0.508 e. The Morgan fingerprint density at radius 3 is 1.62 bits per heavy atom. The summed E-state index contributed by atoms with van der Waals surface area (Å²) in [7, 11) is 1.46. The second kappa shape index (κ2) is 15.7. The number of aromatic hydroxyl groups is 1. The molecule has 0 aliphatic heterocycles. The van der Waals surface area contributed by atoms with E-state index < -0.39 is 0 Å². The fraction of sp³-hybridized carbons (Fsp3) is 0.696. The molecule has 0 aromatic heterocycles. The van der Waals surface area contributed by atoms with Crippen LogP contribution in [0, 0.1) is 0 Å². The first kappa shape index (κ1) is 22.5. The number of hydrogen-bond acceptors (Lipinski definition) is 3. The molecule has 3 nitrogen and oxygen atoms in total. The molecule has 0 fully saturated rings. The van der Waals surface area contributed by atoms with Crippen LogP contribution in [0.25, 0.3) is 0 Å². The van der Waals surface area contributed by atoms with Gasteiger partial charge in [-0.25, -0.2) is 0 Å². The van der Waals surface area contributed by atoms with Gasteiger partial charge in [0.05, 0.1) is 7.11 Å². The molecule has 0 saturated heterocycles. The van der Waals surface area contributed by atoms with Gasteiger partial charge in [-0.15, -0.1) is 0 Å². The number of ether oxygens (including phenoxy) is 1. The summed E-state index contributed by atoms with van der Waals surface area (Å²) in [6.45, 7) is 0. The topological polar surface area (TPSA) is 46.5 Å². The van der Waals surface area contributed by atoms with E-state index in [1.807, 2.05) is 12.1 Å². The minimum absolute atomic E-state index is 0.0784. The van der Waals surface area contributed by atoms with Gasteiger partial charge in [0.15, 0.2) is 0 Å². The molecule has 1 aromatic carbocycles. The number of phenols is 1. The second-order valence-corrected chi connectivity index (χ2v) is 7.34. The van der Waals surface area contributed by atoms with Crippen molar-refractivity contribution in [3.05, 3.63) is 29.8 Å². The first-order valence-corrected chi connectivity index (χ1v) is 10.6. The standard InChI is InChI=1S/C23H38O3/c1-26-23(25)16-14-12-10-8-6-4-2-3-5-7-9-11-13-15-21-17-19-22(24)20-18-21/h17-20,24H,2-16H2,1H3. The molecule has 0 radical (unpaired) electrons. The van der Waals surface area contributed by atoms with Crippen molar-refractivity contribution in [2.24, 2.45) is 0 Å². The van der Waals surface area contributed by atoms with E-state index in [-0.39, 0.29) is 5.97 Å². The molecule has 1 aromatic rings. The summed E-state index contributed by atoms with van der Waals surface area (Å²) in [6.07, 6.45) is 18.5. The molecular formula is C23H38O3. The number of unbranched alkanes of at least 4 members (excludes halogenated alkanes) is 12. The van der Waals surface area contributed by atoms with Gasteiger partial charge in [0, 0.05) is 6.42 Å².